The van der Waals surface area contributed by atoms with Gasteiger partial charge < -0.3 is 52.6 Å². The maximum absolute atomic E-state index is 12.8. The lowest BCUT2D eigenvalue weighted by Crippen LogP contribution is -2.25. The first kappa shape index (κ1) is 80.3. The molecule has 4 atom stereocenters. The number of methoxy groups -OCH3 is 4. The number of nitrogens with zero attached hydrogens (tertiary/aromatic N) is 8. The summed E-state index contributed by atoms with van der Waals surface area (Å²) in [6.07, 6.45) is 22.5. The van der Waals surface area contributed by atoms with Crippen molar-refractivity contribution in [2.45, 2.75) is 190 Å². The largest absolute Gasteiger partial charge is 0.493 e. The Morgan fingerprint density at radius 1 is 0.395 bits per heavy atom. The number of carbonyl (C=O) groups is 4. The normalized spacial score (nSPS) is 19.7. The summed E-state index contributed by atoms with van der Waals surface area (Å²) >= 11 is 0. The Morgan fingerprint density at radius 3 is 1.15 bits per heavy atom. The molecule has 24 heteroatoms. The number of anilines is 4. The molecule has 1 aromatic heterocycles. The smallest absolute Gasteiger partial charge is 0.274 e. The molecule has 4 unspecified atom stereocenters. The van der Waals surface area contributed by atoms with Crippen LogP contribution in [-0.4, -0.2) is 117 Å². The Hall–Kier alpha value is -11.7. The zero-order valence-corrected chi connectivity index (χ0v) is 65.7. The highest BCUT2D eigenvalue weighted by molar-refractivity contribution is 5.99. The van der Waals surface area contributed by atoms with Gasteiger partial charge in [0.25, 0.3) is 11.4 Å². The summed E-state index contributed by atoms with van der Waals surface area (Å²) in [7, 11) is 6.57. The number of nitro groups is 2. The maximum atomic E-state index is 12.8. The predicted octanol–water partition coefficient (Wildman–Crippen LogP) is 17.8. The average Bonchev–Trinajstić information content (AvgIpc) is 1.66. The van der Waals surface area contributed by atoms with Gasteiger partial charge in [0.15, 0.2) is 46.0 Å². The van der Waals surface area contributed by atoms with Crippen LogP contribution < -0.4 is 57.5 Å². The number of amides is 4. The van der Waals surface area contributed by atoms with Gasteiger partial charge >= 0.3 is 0 Å². The molecule has 0 radical (unpaired) electrons. The van der Waals surface area contributed by atoms with Gasteiger partial charge in [-0.05, 0) is 229 Å². The van der Waals surface area contributed by atoms with Crippen LogP contribution >= 0.6 is 0 Å². The van der Waals surface area contributed by atoms with Crippen LogP contribution in [0, 0.1) is 45.4 Å². The molecule has 0 bridgehead atoms. The molecule has 16 rings (SSSR count). The number of aromatic nitrogens is 1. The lowest BCUT2D eigenvalue weighted by molar-refractivity contribution is -0.385. The fourth-order valence-corrected chi connectivity index (χ4v) is 16.8. The van der Waals surface area contributed by atoms with Crippen molar-refractivity contribution in [3.05, 3.63) is 217 Å². The van der Waals surface area contributed by atoms with Gasteiger partial charge in [0.1, 0.15) is 5.82 Å². The molecule has 0 spiro atoms. The number of nitro benzene ring substituents is 2. The van der Waals surface area contributed by atoms with Gasteiger partial charge in [-0.1, -0.05) is 48.5 Å². The fraction of sp³-hybridized carbons (Fsp3) is 0.422. The van der Waals surface area contributed by atoms with Crippen molar-refractivity contribution in [3.63, 3.8) is 0 Å². The minimum Gasteiger partial charge on any atom is -0.493 e. The maximum Gasteiger partial charge on any atom is 0.274 e. The second kappa shape index (κ2) is 37.3. The van der Waals surface area contributed by atoms with Crippen molar-refractivity contribution in [2.24, 2.45) is 0 Å². The molecule has 8 fully saturated rings. The van der Waals surface area contributed by atoms with Crippen LogP contribution in [-0.2, 0) is 19.2 Å². The van der Waals surface area contributed by atoms with Crippen molar-refractivity contribution in [3.8, 4) is 52.1 Å². The third-order valence-electron chi connectivity index (χ3n) is 23.1. The van der Waals surface area contributed by atoms with E-state index >= 15 is 0 Å². The second-order valence-corrected chi connectivity index (χ2v) is 30.7. The van der Waals surface area contributed by atoms with Crippen molar-refractivity contribution in [1.82, 2.24) is 4.98 Å². The topological polar surface area (TPSA) is 278 Å². The van der Waals surface area contributed by atoms with Crippen LogP contribution in [0.3, 0.4) is 0 Å². The number of hydrogen-bond acceptors (Lipinski definition) is 18. The molecule has 596 valence electrons. The first-order valence-corrected chi connectivity index (χ1v) is 39.9. The summed E-state index contributed by atoms with van der Waals surface area (Å²) in [5, 5.41) is 31.6. The van der Waals surface area contributed by atoms with E-state index in [1.54, 1.807) is 91.5 Å². The first-order chi connectivity index (χ1) is 55.3. The van der Waals surface area contributed by atoms with E-state index in [1.807, 2.05) is 104 Å². The number of rotatable bonds is 22. The number of aryl methyl sites for hydroxylation is 2. The zero-order valence-electron chi connectivity index (χ0n) is 65.7. The quantitative estimate of drug-likeness (QED) is 0.0450. The van der Waals surface area contributed by atoms with E-state index in [1.165, 1.54) is 69.6 Å². The van der Waals surface area contributed by atoms with Crippen LogP contribution in [0.5, 0.6) is 46.0 Å². The SMILES string of the molecule is COc1ccc(C2CC(=O)N(c3cc([N+](=O)[O-])ccc3C)C2)cc1OC1CCCC1.COc1ccc(C2CC(=O)N(c3ccc(C)c([N+](=O)[O-])c3)C2)cc1OC1CCCC1.COc1ccc(C2CC(=O)N(c3cccc(C#N)c3)C2)cc1OC1CCCC1.COc1ccc(C2CC(=O)N(c3ccccn3)C2)cc1OC1CCCC1. The van der Waals surface area contributed by atoms with Crippen molar-refractivity contribution >= 4 is 57.9 Å². The molecule has 8 aliphatic rings. The number of benzene rings is 7. The summed E-state index contributed by atoms with van der Waals surface area (Å²) in [6, 6.07) is 48.3. The third-order valence-corrected chi connectivity index (χ3v) is 23.1. The predicted molar refractivity (Wildman–Crippen MR) is 433 cm³/mol. The molecule has 4 aliphatic carbocycles. The van der Waals surface area contributed by atoms with E-state index in [4.69, 9.17) is 43.2 Å². The van der Waals surface area contributed by atoms with Gasteiger partial charge in [0.2, 0.25) is 23.6 Å². The van der Waals surface area contributed by atoms with Gasteiger partial charge in [-0.2, -0.15) is 5.26 Å². The molecule has 7 aromatic carbocycles. The zero-order chi connectivity index (χ0) is 79.9. The van der Waals surface area contributed by atoms with Crippen LogP contribution in [0.4, 0.5) is 34.3 Å². The number of ether oxygens (including phenoxy) is 8. The number of nitriles is 1. The van der Waals surface area contributed by atoms with Crippen LogP contribution in [0.15, 0.2) is 158 Å². The molecule has 4 amide bonds. The number of non-ortho nitro benzene ring substituents is 1. The van der Waals surface area contributed by atoms with Crippen molar-refractivity contribution < 1.29 is 66.9 Å². The molecule has 24 nitrogen and oxygen atoms in total. The highest BCUT2D eigenvalue weighted by Gasteiger charge is 2.38. The van der Waals surface area contributed by atoms with Crippen LogP contribution in [0.25, 0.3) is 0 Å². The van der Waals surface area contributed by atoms with E-state index < -0.39 is 9.85 Å². The van der Waals surface area contributed by atoms with E-state index in [2.05, 4.69) is 17.1 Å². The van der Waals surface area contributed by atoms with E-state index in [0.29, 0.717) is 85.9 Å². The molecular formula is C90H100N8O16. The molecular weight excluding hydrogens is 1450 g/mol. The van der Waals surface area contributed by atoms with Gasteiger partial charge in [0.05, 0.1) is 85.7 Å². The fourth-order valence-electron chi connectivity index (χ4n) is 16.8. The van der Waals surface area contributed by atoms with Gasteiger partial charge in [0, 0.05) is 111 Å². The van der Waals surface area contributed by atoms with Crippen molar-refractivity contribution in [1.29, 1.82) is 5.26 Å². The minimum atomic E-state index is -0.433. The van der Waals surface area contributed by atoms with Crippen LogP contribution in [0.1, 0.15) is 191 Å². The highest BCUT2D eigenvalue weighted by atomic mass is 16.6. The summed E-state index contributed by atoms with van der Waals surface area (Å²) in [5.41, 5.74) is 8.18. The lowest BCUT2D eigenvalue weighted by atomic mass is 9.98. The summed E-state index contributed by atoms with van der Waals surface area (Å²) in [4.78, 5) is 83.3. The number of carbonyl (C=O) groups excluding carboxylic acids is 4. The lowest BCUT2D eigenvalue weighted by Gasteiger charge is -2.20. The number of hydrogen-bond donors (Lipinski definition) is 0. The highest BCUT2D eigenvalue weighted by Crippen LogP contribution is 2.45. The monoisotopic (exact) mass is 1550 g/mol. The third kappa shape index (κ3) is 19.3. The summed E-state index contributed by atoms with van der Waals surface area (Å²) in [5.74, 6) is 6.95. The Balaban J connectivity index is 0.000000133. The Bertz CT molecular complexity index is 4820. The minimum absolute atomic E-state index is 0.00491. The van der Waals surface area contributed by atoms with Crippen LogP contribution in [0.2, 0.25) is 0 Å². The molecule has 114 heavy (non-hydrogen) atoms. The average molecular weight is 1550 g/mol. The van der Waals surface area contributed by atoms with Gasteiger partial charge in [-0.3, -0.25) is 44.3 Å². The molecule has 4 saturated heterocycles. The van der Waals surface area contributed by atoms with E-state index in [9.17, 15) is 39.4 Å². The second-order valence-electron chi connectivity index (χ2n) is 30.7. The number of pyridine rings is 1. The first-order valence-electron chi connectivity index (χ1n) is 39.9. The molecule has 4 saturated carbocycles. The van der Waals surface area contributed by atoms with E-state index in [0.717, 1.165) is 125 Å². The Labute approximate surface area is 665 Å². The Morgan fingerprint density at radius 2 is 0.772 bits per heavy atom. The summed E-state index contributed by atoms with van der Waals surface area (Å²) < 4.78 is 46.7. The Kier molecular flexibility index (Phi) is 26.3. The molecule has 4 aliphatic heterocycles. The molecule has 5 heterocycles. The standard InChI is InChI=1S/2C23H26N2O5.C23H24N2O3.C21H24N2O3/c1-15-7-9-18(25(27)28)13-20(15)24-14-17(12-23(24)26)16-8-10-21(29-2)22(11-16)30-19-5-3-4-6-19;1-15-7-9-18(13-20(15)25(27)28)24-14-17(12-23(24)26)16-8-10-21(29-2)22(11-16)30-19-5-3-4-6-19;1-27-21-10-9-17(12-22(21)28-20-7-2-3-8-20)18-13-23(26)25(15-18)19-6-4-5-16(11-19)14-24;1-25-18-10-9-15(12-19(18)26-17-6-2-3-7-17)16-13-21(24)23(14-16)20-8-4-5-11-22-20/h2*7-11,13,17,19H,3-6,12,14H2,1-2H3;4-6,9-12,18,20H,2-3,7-8,13,15H2,1H3;4-5,8-12,16-17H,2-3,6-7,13-14H2,1H3. The molecule has 0 N–H and O–H groups in total. The van der Waals surface area contributed by atoms with E-state index in [-0.39, 0.29) is 83.1 Å². The molecule has 8 aromatic rings. The van der Waals surface area contributed by atoms with Crippen molar-refractivity contribution in [2.75, 3.05) is 74.2 Å². The van der Waals surface area contributed by atoms with Gasteiger partial charge in [-0.15, -0.1) is 0 Å². The van der Waals surface area contributed by atoms with Gasteiger partial charge in [-0.25, -0.2) is 4.98 Å². The summed E-state index contributed by atoms with van der Waals surface area (Å²) in [6.45, 7) is 5.76.